The molecule has 130 valence electrons. The number of thioether (sulfide) groups is 1. The first-order valence-corrected chi connectivity index (χ1v) is 11.3. The second-order valence-corrected chi connectivity index (χ2v) is 9.58. The number of hydrogen-bond donors (Lipinski definition) is 1. The quantitative estimate of drug-likeness (QED) is 0.649. The van der Waals surface area contributed by atoms with Crippen LogP contribution in [0.4, 0.5) is 5.69 Å². The van der Waals surface area contributed by atoms with Gasteiger partial charge < -0.3 is 5.32 Å². The molecule has 0 saturated heterocycles. The second kappa shape index (κ2) is 7.55. The zero-order chi connectivity index (χ0) is 17.9. The average Bonchev–Trinajstić information content (AvgIpc) is 2.97. The summed E-state index contributed by atoms with van der Waals surface area (Å²) in [7, 11) is -3.52. The normalized spacial score (nSPS) is 11.6. The third-order valence-corrected chi connectivity index (χ3v) is 6.89. The smallest absolute Gasteiger partial charge is 0.239 e. The Hall–Kier alpha value is -1.90. The van der Waals surface area contributed by atoms with Crippen LogP contribution in [0, 0.1) is 0 Å². The van der Waals surface area contributed by atoms with Crippen LogP contribution in [0.3, 0.4) is 0 Å². The van der Waals surface area contributed by atoms with Gasteiger partial charge in [-0.15, -0.1) is 11.3 Å². The third kappa shape index (κ3) is 4.81. The van der Waals surface area contributed by atoms with Crippen LogP contribution in [0.1, 0.15) is 5.56 Å². The molecule has 1 N–H and O–H groups in total. The number of nitrogens with zero attached hydrogens (tertiary/aromatic N) is 1. The molecule has 0 spiro atoms. The molecule has 0 unspecified atom stereocenters. The molecule has 1 aromatic heterocycles. The molecule has 0 atom stereocenters. The van der Waals surface area contributed by atoms with Gasteiger partial charge in [-0.05, 0) is 30.0 Å². The fraction of sp³-hybridized carbons (Fsp3) is 0.176. The lowest BCUT2D eigenvalue weighted by Gasteiger charge is -2.06. The molecule has 0 aliphatic rings. The van der Waals surface area contributed by atoms with Gasteiger partial charge >= 0.3 is 0 Å². The number of sulfone groups is 1. The lowest BCUT2D eigenvalue weighted by molar-refractivity contribution is -0.113. The first-order valence-electron chi connectivity index (χ1n) is 7.44. The number of rotatable bonds is 6. The lowest BCUT2D eigenvalue weighted by atomic mass is 10.2. The first-order chi connectivity index (χ1) is 11.9. The summed E-state index contributed by atoms with van der Waals surface area (Å²) in [5.74, 6) is -1.23. The molecule has 0 aliphatic heterocycles. The van der Waals surface area contributed by atoms with Crippen LogP contribution >= 0.6 is 23.1 Å². The molecule has 0 bridgehead atoms. The molecule has 0 fully saturated rings. The van der Waals surface area contributed by atoms with Gasteiger partial charge in [0.1, 0.15) is 5.75 Å². The van der Waals surface area contributed by atoms with Crippen LogP contribution in [-0.2, 0) is 20.4 Å². The van der Waals surface area contributed by atoms with Gasteiger partial charge in [-0.1, -0.05) is 42.1 Å². The van der Waals surface area contributed by atoms with E-state index in [-0.39, 0.29) is 5.75 Å². The van der Waals surface area contributed by atoms with E-state index < -0.39 is 21.5 Å². The summed E-state index contributed by atoms with van der Waals surface area (Å²) in [5.41, 5.74) is 2.11. The molecule has 8 heteroatoms. The van der Waals surface area contributed by atoms with Crippen molar-refractivity contribution in [3.63, 3.8) is 0 Å². The Morgan fingerprint density at radius 1 is 1.20 bits per heavy atom. The van der Waals surface area contributed by atoms with Crippen molar-refractivity contribution in [2.24, 2.45) is 0 Å². The van der Waals surface area contributed by atoms with Gasteiger partial charge in [-0.25, -0.2) is 13.4 Å². The van der Waals surface area contributed by atoms with Gasteiger partial charge in [-0.2, -0.15) is 0 Å². The maximum absolute atomic E-state index is 12.2. The van der Waals surface area contributed by atoms with E-state index >= 15 is 0 Å². The molecule has 25 heavy (non-hydrogen) atoms. The summed E-state index contributed by atoms with van der Waals surface area (Å²) in [6.45, 7) is 0. The van der Waals surface area contributed by atoms with Gasteiger partial charge in [0.25, 0.3) is 0 Å². The van der Waals surface area contributed by atoms with Gasteiger partial charge in [0.15, 0.2) is 14.2 Å². The van der Waals surface area contributed by atoms with E-state index in [1.807, 2.05) is 24.5 Å². The maximum Gasteiger partial charge on any atom is 0.239 e. The number of fused-ring (bicyclic) bond motifs is 1. The number of carbonyl (C=O) groups excluding carboxylic acids is 1. The SMILES string of the molecule is CSc1nc2ccc(NC(=O)CS(=O)(=O)Cc3ccccc3)cc2s1. The molecular weight excluding hydrogens is 376 g/mol. The van der Waals surface area contributed by atoms with E-state index in [1.165, 1.54) is 11.3 Å². The highest BCUT2D eigenvalue weighted by atomic mass is 32.2. The Bertz CT molecular complexity index is 998. The number of thiazole rings is 1. The lowest BCUT2D eigenvalue weighted by Crippen LogP contribution is -2.23. The highest BCUT2D eigenvalue weighted by molar-refractivity contribution is 8.00. The molecule has 0 aliphatic carbocycles. The van der Waals surface area contributed by atoms with Gasteiger partial charge in [0.2, 0.25) is 5.91 Å². The average molecular weight is 393 g/mol. The Balaban J connectivity index is 1.67. The minimum Gasteiger partial charge on any atom is -0.325 e. The number of amides is 1. The summed E-state index contributed by atoms with van der Waals surface area (Å²) in [6, 6.07) is 14.2. The second-order valence-electron chi connectivity index (χ2n) is 5.43. The van der Waals surface area contributed by atoms with Crippen molar-refractivity contribution < 1.29 is 13.2 Å². The Morgan fingerprint density at radius 3 is 2.68 bits per heavy atom. The molecular formula is C17H16N2O3S3. The first kappa shape index (κ1) is 17.9. The summed E-state index contributed by atoms with van der Waals surface area (Å²) in [5, 5.41) is 2.66. The van der Waals surface area contributed by atoms with Gasteiger partial charge in [-0.3, -0.25) is 4.79 Å². The van der Waals surface area contributed by atoms with E-state index in [0.717, 1.165) is 14.6 Å². The Morgan fingerprint density at radius 2 is 1.96 bits per heavy atom. The largest absolute Gasteiger partial charge is 0.325 e. The van der Waals surface area contributed by atoms with Crippen LogP contribution in [0.2, 0.25) is 0 Å². The fourth-order valence-electron chi connectivity index (χ4n) is 2.34. The van der Waals surface area contributed by atoms with E-state index in [1.54, 1.807) is 42.1 Å². The maximum atomic E-state index is 12.2. The van der Waals surface area contributed by atoms with Crippen molar-refractivity contribution in [3.05, 3.63) is 54.1 Å². The molecule has 0 saturated carbocycles. The molecule has 3 rings (SSSR count). The fourth-order valence-corrected chi connectivity index (χ4v) is 5.15. The monoisotopic (exact) mass is 392 g/mol. The highest BCUT2D eigenvalue weighted by Crippen LogP contribution is 2.29. The van der Waals surface area contributed by atoms with E-state index in [9.17, 15) is 13.2 Å². The van der Waals surface area contributed by atoms with Gasteiger partial charge in [0, 0.05) is 5.69 Å². The van der Waals surface area contributed by atoms with Crippen molar-refractivity contribution in [3.8, 4) is 0 Å². The third-order valence-electron chi connectivity index (χ3n) is 3.41. The summed E-state index contributed by atoms with van der Waals surface area (Å²) in [6.07, 6.45) is 1.96. The Kier molecular flexibility index (Phi) is 5.41. The van der Waals surface area contributed by atoms with E-state index in [2.05, 4.69) is 10.3 Å². The van der Waals surface area contributed by atoms with Crippen LogP contribution < -0.4 is 5.32 Å². The predicted octanol–water partition coefficient (Wildman–Crippen LogP) is 3.57. The van der Waals surface area contributed by atoms with E-state index in [0.29, 0.717) is 11.3 Å². The molecule has 2 aromatic carbocycles. The number of anilines is 1. The number of benzene rings is 2. The molecule has 3 aromatic rings. The number of hydrogen-bond acceptors (Lipinski definition) is 6. The van der Waals surface area contributed by atoms with Crippen molar-refractivity contribution in [1.29, 1.82) is 0 Å². The topological polar surface area (TPSA) is 76.1 Å². The summed E-state index contributed by atoms with van der Waals surface area (Å²) >= 11 is 3.10. The zero-order valence-corrected chi connectivity index (χ0v) is 15.9. The molecule has 0 radical (unpaired) electrons. The van der Waals surface area contributed by atoms with Crippen LogP contribution in [0.15, 0.2) is 52.9 Å². The minimum atomic E-state index is -3.52. The van der Waals surface area contributed by atoms with Crippen molar-refractivity contribution >= 4 is 54.7 Å². The number of aromatic nitrogens is 1. The highest BCUT2D eigenvalue weighted by Gasteiger charge is 2.17. The number of nitrogens with one attached hydrogen (secondary N) is 1. The van der Waals surface area contributed by atoms with Crippen molar-refractivity contribution in [2.45, 2.75) is 10.1 Å². The van der Waals surface area contributed by atoms with Crippen LogP contribution in [0.25, 0.3) is 10.2 Å². The summed E-state index contributed by atoms with van der Waals surface area (Å²) in [4.78, 5) is 16.5. The molecule has 1 heterocycles. The van der Waals surface area contributed by atoms with Gasteiger partial charge in [0.05, 0.1) is 16.0 Å². The standard InChI is InChI=1S/C17H16N2O3S3/c1-23-17-19-14-8-7-13(9-15(14)24-17)18-16(20)11-25(21,22)10-12-5-3-2-4-6-12/h2-9H,10-11H2,1H3,(H,18,20). The molecule has 5 nitrogen and oxygen atoms in total. The number of carbonyl (C=O) groups is 1. The Labute approximate surface area is 154 Å². The summed E-state index contributed by atoms with van der Waals surface area (Å²) < 4.78 is 26.3. The zero-order valence-electron chi connectivity index (χ0n) is 13.4. The van der Waals surface area contributed by atoms with E-state index in [4.69, 9.17) is 0 Å². The molecule has 1 amide bonds. The van der Waals surface area contributed by atoms with Crippen LogP contribution in [0.5, 0.6) is 0 Å². The van der Waals surface area contributed by atoms with Crippen molar-refractivity contribution in [2.75, 3.05) is 17.3 Å². The minimum absolute atomic E-state index is 0.147. The van der Waals surface area contributed by atoms with Crippen LogP contribution in [-0.4, -0.2) is 31.3 Å². The van der Waals surface area contributed by atoms with Crippen molar-refractivity contribution in [1.82, 2.24) is 4.98 Å². The predicted molar refractivity (Wildman–Crippen MR) is 104 cm³/mol.